The number of carbonyl (C=O) groups is 2. The van der Waals surface area contributed by atoms with Gasteiger partial charge in [-0.1, -0.05) is 24.3 Å². The minimum absolute atomic E-state index is 0.0349. The zero-order valence-corrected chi connectivity index (χ0v) is 19.7. The smallest absolute Gasteiger partial charge is 0.349 e. The van der Waals surface area contributed by atoms with E-state index in [4.69, 9.17) is 0 Å². The molecule has 0 aliphatic heterocycles. The maximum Gasteiger partial charge on any atom is 0.416 e. The number of aromatic nitrogens is 1. The highest BCUT2D eigenvalue weighted by Gasteiger charge is 2.33. The minimum Gasteiger partial charge on any atom is -0.349 e. The van der Waals surface area contributed by atoms with Crippen molar-refractivity contribution < 1.29 is 22.8 Å². The van der Waals surface area contributed by atoms with Crippen LogP contribution in [-0.2, 0) is 23.9 Å². The van der Waals surface area contributed by atoms with Gasteiger partial charge in [0.05, 0.1) is 17.7 Å². The van der Waals surface area contributed by atoms with Crippen LogP contribution in [0.15, 0.2) is 53.9 Å². The normalized spacial score (nSPS) is 15.6. The number of amides is 2. The van der Waals surface area contributed by atoms with Crippen molar-refractivity contribution >= 4 is 23.2 Å². The Morgan fingerprint density at radius 3 is 2.29 bits per heavy atom. The SMILES string of the molecule is O=C(NC1CC1)c1ccc(CN(C(=O)Cc2csc(-c3ccc(C(F)(F)F)cc3)n2)C2CC2)cc1. The van der Waals surface area contributed by atoms with Crippen molar-refractivity contribution in [3.05, 3.63) is 76.3 Å². The Labute approximate surface area is 205 Å². The van der Waals surface area contributed by atoms with Crippen LogP contribution >= 0.6 is 11.3 Å². The van der Waals surface area contributed by atoms with E-state index in [1.54, 1.807) is 17.5 Å². The number of halogens is 3. The second-order valence-electron chi connectivity index (χ2n) is 9.09. The molecule has 182 valence electrons. The third-order valence-electron chi connectivity index (χ3n) is 6.13. The number of nitrogens with zero attached hydrogens (tertiary/aromatic N) is 2. The van der Waals surface area contributed by atoms with E-state index in [1.807, 2.05) is 17.0 Å². The molecule has 2 fully saturated rings. The standard InChI is InChI=1S/C26H24F3N3O2S/c27-26(28,29)19-7-5-18(6-8-19)25-31-21(15-35-25)13-23(33)32(22-11-12-22)14-16-1-3-17(4-2-16)24(34)30-20-9-10-20/h1-8,15,20,22H,9-14H2,(H,30,34). The van der Waals surface area contributed by atoms with E-state index in [0.29, 0.717) is 34.4 Å². The molecule has 35 heavy (non-hydrogen) atoms. The quantitative estimate of drug-likeness (QED) is 0.448. The molecule has 0 atom stereocenters. The Morgan fingerprint density at radius 1 is 1.00 bits per heavy atom. The van der Waals surface area contributed by atoms with E-state index >= 15 is 0 Å². The lowest BCUT2D eigenvalue weighted by Crippen LogP contribution is -2.34. The van der Waals surface area contributed by atoms with Gasteiger partial charge in [-0.05, 0) is 55.5 Å². The van der Waals surface area contributed by atoms with Gasteiger partial charge in [0.2, 0.25) is 5.91 Å². The highest BCUT2D eigenvalue weighted by Crippen LogP contribution is 2.33. The summed E-state index contributed by atoms with van der Waals surface area (Å²) in [6.45, 7) is 0.462. The average Bonchev–Trinajstić information content (AvgIpc) is 3.77. The lowest BCUT2D eigenvalue weighted by Gasteiger charge is -2.22. The highest BCUT2D eigenvalue weighted by molar-refractivity contribution is 7.13. The summed E-state index contributed by atoms with van der Waals surface area (Å²) in [5.41, 5.74) is 2.06. The van der Waals surface area contributed by atoms with Crippen LogP contribution in [0.3, 0.4) is 0 Å². The molecule has 1 aromatic heterocycles. The number of nitrogens with one attached hydrogen (secondary N) is 1. The number of rotatable bonds is 8. The maximum absolute atomic E-state index is 13.1. The molecule has 2 aliphatic rings. The molecular weight excluding hydrogens is 475 g/mol. The number of hydrogen-bond acceptors (Lipinski definition) is 4. The minimum atomic E-state index is -4.38. The summed E-state index contributed by atoms with van der Waals surface area (Å²) in [5, 5.41) is 5.33. The van der Waals surface area contributed by atoms with Crippen LogP contribution in [0.25, 0.3) is 10.6 Å². The molecule has 0 radical (unpaired) electrons. The topological polar surface area (TPSA) is 62.3 Å². The van der Waals surface area contributed by atoms with Gasteiger partial charge in [0.25, 0.3) is 5.91 Å². The second-order valence-corrected chi connectivity index (χ2v) is 9.95. The predicted molar refractivity (Wildman–Crippen MR) is 127 cm³/mol. The first-order valence-electron chi connectivity index (χ1n) is 11.6. The van der Waals surface area contributed by atoms with Crippen molar-refractivity contribution in [2.75, 3.05) is 0 Å². The van der Waals surface area contributed by atoms with E-state index in [2.05, 4.69) is 10.3 Å². The number of hydrogen-bond donors (Lipinski definition) is 1. The summed E-state index contributed by atoms with van der Waals surface area (Å²) in [7, 11) is 0. The third kappa shape index (κ3) is 5.90. The molecule has 1 N–H and O–H groups in total. The molecule has 1 heterocycles. The first-order chi connectivity index (χ1) is 16.8. The van der Waals surface area contributed by atoms with Gasteiger partial charge >= 0.3 is 6.18 Å². The Kier molecular flexibility index (Phi) is 6.35. The zero-order valence-electron chi connectivity index (χ0n) is 18.8. The molecule has 2 amide bonds. The summed E-state index contributed by atoms with van der Waals surface area (Å²) >= 11 is 1.31. The van der Waals surface area contributed by atoms with Crippen LogP contribution in [0, 0.1) is 0 Å². The van der Waals surface area contributed by atoms with Crippen LogP contribution < -0.4 is 5.32 Å². The summed E-state index contributed by atoms with van der Waals surface area (Å²) in [4.78, 5) is 31.6. The van der Waals surface area contributed by atoms with Gasteiger partial charge in [0, 0.05) is 35.1 Å². The third-order valence-corrected chi connectivity index (χ3v) is 7.07. The number of carbonyl (C=O) groups excluding carboxylic acids is 2. The Hall–Kier alpha value is -3.20. The number of alkyl halides is 3. The monoisotopic (exact) mass is 499 g/mol. The highest BCUT2D eigenvalue weighted by atomic mass is 32.1. The lowest BCUT2D eigenvalue weighted by atomic mass is 10.1. The van der Waals surface area contributed by atoms with Crippen LogP contribution in [0.4, 0.5) is 13.2 Å². The molecule has 0 bridgehead atoms. The van der Waals surface area contributed by atoms with Crippen molar-refractivity contribution in [3.63, 3.8) is 0 Å². The van der Waals surface area contributed by atoms with Crippen molar-refractivity contribution in [1.29, 1.82) is 0 Å². The molecule has 9 heteroatoms. The van der Waals surface area contributed by atoms with Gasteiger partial charge in [-0.25, -0.2) is 4.98 Å². The second kappa shape index (κ2) is 9.45. The van der Waals surface area contributed by atoms with E-state index in [1.165, 1.54) is 23.5 Å². The fourth-order valence-electron chi connectivity index (χ4n) is 3.84. The molecule has 0 saturated heterocycles. The van der Waals surface area contributed by atoms with E-state index in [-0.39, 0.29) is 24.3 Å². The lowest BCUT2D eigenvalue weighted by molar-refractivity contribution is -0.137. The van der Waals surface area contributed by atoms with Crippen LogP contribution in [-0.4, -0.2) is 33.8 Å². The summed E-state index contributed by atoms with van der Waals surface area (Å²) in [6, 6.07) is 12.7. The van der Waals surface area contributed by atoms with E-state index in [9.17, 15) is 22.8 Å². The Balaban J connectivity index is 1.22. The van der Waals surface area contributed by atoms with Crippen molar-refractivity contribution in [2.24, 2.45) is 0 Å². The first-order valence-corrected chi connectivity index (χ1v) is 12.5. The summed E-state index contributed by atoms with van der Waals surface area (Å²) in [6.07, 6.45) is -0.257. The molecule has 2 aliphatic carbocycles. The van der Waals surface area contributed by atoms with Gasteiger partial charge in [-0.3, -0.25) is 9.59 Å². The van der Waals surface area contributed by atoms with Gasteiger partial charge in [-0.2, -0.15) is 13.2 Å². The average molecular weight is 500 g/mol. The molecule has 2 saturated carbocycles. The predicted octanol–water partition coefficient (Wildman–Crippen LogP) is 5.45. The summed E-state index contributed by atoms with van der Waals surface area (Å²) in [5.74, 6) is -0.103. The van der Waals surface area contributed by atoms with E-state index < -0.39 is 11.7 Å². The van der Waals surface area contributed by atoms with E-state index in [0.717, 1.165) is 43.4 Å². The molecule has 5 nitrogen and oxygen atoms in total. The van der Waals surface area contributed by atoms with Crippen LogP contribution in [0.1, 0.15) is 52.9 Å². The Morgan fingerprint density at radius 2 is 1.69 bits per heavy atom. The zero-order chi connectivity index (χ0) is 24.6. The molecule has 0 unspecified atom stereocenters. The number of thiazole rings is 1. The number of benzene rings is 2. The van der Waals surface area contributed by atoms with Crippen molar-refractivity contribution in [2.45, 2.75) is 56.9 Å². The molecule has 2 aromatic carbocycles. The Bertz CT molecular complexity index is 1210. The van der Waals surface area contributed by atoms with Gasteiger partial charge < -0.3 is 10.2 Å². The molecular formula is C26H24F3N3O2S. The molecule has 0 spiro atoms. The fourth-order valence-corrected chi connectivity index (χ4v) is 4.67. The van der Waals surface area contributed by atoms with Crippen LogP contribution in [0.5, 0.6) is 0 Å². The summed E-state index contributed by atoms with van der Waals surface area (Å²) < 4.78 is 38.4. The van der Waals surface area contributed by atoms with Gasteiger partial charge in [0.15, 0.2) is 0 Å². The van der Waals surface area contributed by atoms with Gasteiger partial charge in [0.1, 0.15) is 5.01 Å². The first kappa shape index (κ1) is 23.5. The maximum atomic E-state index is 13.1. The fraction of sp³-hybridized carbons (Fsp3) is 0.346. The van der Waals surface area contributed by atoms with Crippen molar-refractivity contribution in [3.8, 4) is 10.6 Å². The molecule has 3 aromatic rings. The largest absolute Gasteiger partial charge is 0.416 e. The van der Waals surface area contributed by atoms with Crippen molar-refractivity contribution in [1.82, 2.24) is 15.2 Å². The molecule has 5 rings (SSSR count). The van der Waals surface area contributed by atoms with Gasteiger partial charge in [-0.15, -0.1) is 11.3 Å². The van der Waals surface area contributed by atoms with Crippen LogP contribution in [0.2, 0.25) is 0 Å².